The minimum Gasteiger partial charge on any atom is -0.480 e. The SMILES string of the molecule is CC(C)C[C@H](NC(=O)c1c(Cl)c2ccccc2n1C)C(=O)O. The maximum atomic E-state index is 12.5. The van der Waals surface area contributed by atoms with E-state index >= 15 is 0 Å². The minimum absolute atomic E-state index is 0.157. The molecular weight excluding hydrogens is 304 g/mol. The molecule has 1 atom stereocenters. The highest BCUT2D eigenvalue weighted by molar-refractivity contribution is 6.38. The first-order valence-corrected chi connectivity index (χ1v) is 7.47. The first-order chi connectivity index (χ1) is 10.3. The molecule has 1 aromatic heterocycles. The Morgan fingerprint density at radius 2 is 1.95 bits per heavy atom. The number of hydrogen-bond acceptors (Lipinski definition) is 2. The molecule has 0 spiro atoms. The van der Waals surface area contributed by atoms with E-state index in [0.717, 1.165) is 10.9 Å². The highest BCUT2D eigenvalue weighted by Gasteiger charge is 2.25. The van der Waals surface area contributed by atoms with E-state index in [-0.39, 0.29) is 11.6 Å². The molecule has 1 heterocycles. The molecule has 5 nitrogen and oxygen atoms in total. The summed E-state index contributed by atoms with van der Waals surface area (Å²) >= 11 is 6.30. The van der Waals surface area contributed by atoms with Gasteiger partial charge in [0.1, 0.15) is 11.7 Å². The highest BCUT2D eigenvalue weighted by Crippen LogP contribution is 2.29. The van der Waals surface area contributed by atoms with Crippen LogP contribution >= 0.6 is 11.6 Å². The summed E-state index contributed by atoms with van der Waals surface area (Å²) in [6, 6.07) is 6.47. The molecule has 0 aliphatic rings. The topological polar surface area (TPSA) is 71.3 Å². The van der Waals surface area contributed by atoms with E-state index in [1.165, 1.54) is 0 Å². The van der Waals surface area contributed by atoms with Gasteiger partial charge in [-0.1, -0.05) is 43.6 Å². The predicted octanol–water partition coefficient (Wildman–Crippen LogP) is 3.06. The first kappa shape index (κ1) is 16.4. The second-order valence-corrected chi connectivity index (χ2v) is 6.11. The summed E-state index contributed by atoms with van der Waals surface area (Å²) in [7, 11) is 1.74. The van der Waals surface area contributed by atoms with Crippen LogP contribution in [0.5, 0.6) is 0 Å². The van der Waals surface area contributed by atoms with E-state index in [1.54, 1.807) is 11.6 Å². The number of fused-ring (bicyclic) bond motifs is 1. The number of aliphatic carboxylic acids is 1. The molecule has 118 valence electrons. The maximum Gasteiger partial charge on any atom is 0.326 e. The first-order valence-electron chi connectivity index (χ1n) is 7.09. The van der Waals surface area contributed by atoms with Gasteiger partial charge >= 0.3 is 5.97 Å². The summed E-state index contributed by atoms with van der Waals surface area (Å²) in [5.74, 6) is -1.36. The number of carboxylic acids is 1. The fraction of sp³-hybridized carbons (Fsp3) is 0.375. The Labute approximate surface area is 133 Å². The van der Waals surface area contributed by atoms with Crippen molar-refractivity contribution >= 4 is 34.4 Å². The Hall–Kier alpha value is -2.01. The van der Waals surface area contributed by atoms with Gasteiger partial charge in [0.25, 0.3) is 5.91 Å². The number of nitrogens with zero attached hydrogens (tertiary/aromatic N) is 1. The van der Waals surface area contributed by atoms with Crippen LogP contribution in [0.15, 0.2) is 24.3 Å². The van der Waals surface area contributed by atoms with Crippen LogP contribution in [-0.4, -0.2) is 27.6 Å². The number of carbonyl (C=O) groups excluding carboxylic acids is 1. The van der Waals surface area contributed by atoms with Gasteiger partial charge < -0.3 is 15.0 Å². The molecular formula is C16H19ClN2O3. The third-order valence-electron chi connectivity index (χ3n) is 3.57. The van der Waals surface area contributed by atoms with Crippen LogP contribution in [0, 0.1) is 5.92 Å². The quantitative estimate of drug-likeness (QED) is 0.888. The van der Waals surface area contributed by atoms with E-state index in [4.69, 9.17) is 11.6 Å². The molecule has 0 aliphatic heterocycles. The molecule has 0 unspecified atom stereocenters. The van der Waals surface area contributed by atoms with Crippen LogP contribution in [0.1, 0.15) is 30.8 Å². The number of para-hydroxylation sites is 1. The molecule has 2 rings (SSSR count). The van der Waals surface area contributed by atoms with Crippen LogP contribution in [0.25, 0.3) is 10.9 Å². The number of benzene rings is 1. The van der Waals surface area contributed by atoms with Gasteiger partial charge in [0.05, 0.1) is 5.02 Å². The van der Waals surface area contributed by atoms with Crippen molar-refractivity contribution in [2.75, 3.05) is 0 Å². The summed E-state index contributed by atoms with van der Waals surface area (Å²) < 4.78 is 1.68. The number of amides is 1. The molecule has 0 fully saturated rings. The Bertz CT molecular complexity index is 682. The molecule has 2 aromatic rings. The molecule has 1 aromatic carbocycles. The van der Waals surface area contributed by atoms with Gasteiger partial charge in [0, 0.05) is 18.0 Å². The zero-order valence-corrected chi connectivity index (χ0v) is 13.5. The van der Waals surface area contributed by atoms with E-state index in [2.05, 4.69) is 5.32 Å². The average Bonchev–Trinajstić information content (AvgIpc) is 2.70. The largest absolute Gasteiger partial charge is 0.480 e. The lowest BCUT2D eigenvalue weighted by Crippen LogP contribution is -2.42. The monoisotopic (exact) mass is 322 g/mol. The van der Waals surface area contributed by atoms with Crippen LogP contribution < -0.4 is 5.32 Å². The van der Waals surface area contributed by atoms with E-state index in [1.807, 2.05) is 38.1 Å². The smallest absolute Gasteiger partial charge is 0.326 e. The van der Waals surface area contributed by atoms with Crippen LogP contribution in [0.2, 0.25) is 5.02 Å². The van der Waals surface area contributed by atoms with E-state index < -0.39 is 17.9 Å². The number of aromatic nitrogens is 1. The summed E-state index contributed by atoms with van der Waals surface area (Å²) in [5.41, 5.74) is 1.10. The Balaban J connectivity index is 2.35. The summed E-state index contributed by atoms with van der Waals surface area (Å²) in [5, 5.41) is 12.9. The normalized spacial score (nSPS) is 12.6. The fourth-order valence-corrected chi connectivity index (χ4v) is 2.89. The Morgan fingerprint density at radius 3 is 2.50 bits per heavy atom. The lowest BCUT2D eigenvalue weighted by molar-refractivity contribution is -0.139. The van der Waals surface area contributed by atoms with Crippen molar-refractivity contribution in [3.05, 3.63) is 35.0 Å². The number of hydrogen-bond donors (Lipinski definition) is 2. The molecule has 0 saturated carbocycles. The van der Waals surface area contributed by atoms with Crippen molar-refractivity contribution in [2.45, 2.75) is 26.3 Å². The van der Waals surface area contributed by atoms with Gasteiger partial charge in [0.2, 0.25) is 0 Å². The maximum absolute atomic E-state index is 12.5. The van der Waals surface area contributed by atoms with Gasteiger partial charge in [-0.3, -0.25) is 4.79 Å². The van der Waals surface area contributed by atoms with Crippen molar-refractivity contribution in [1.82, 2.24) is 9.88 Å². The van der Waals surface area contributed by atoms with Gasteiger partial charge in [-0.15, -0.1) is 0 Å². The van der Waals surface area contributed by atoms with Crippen LogP contribution in [-0.2, 0) is 11.8 Å². The zero-order chi connectivity index (χ0) is 16.4. The second kappa shape index (κ2) is 6.40. The predicted molar refractivity (Wildman–Crippen MR) is 86.3 cm³/mol. The van der Waals surface area contributed by atoms with Crippen molar-refractivity contribution in [1.29, 1.82) is 0 Å². The van der Waals surface area contributed by atoms with Gasteiger partial charge in [0.15, 0.2) is 0 Å². The van der Waals surface area contributed by atoms with Gasteiger partial charge in [-0.25, -0.2) is 4.79 Å². The Morgan fingerprint density at radius 1 is 1.32 bits per heavy atom. The molecule has 0 aliphatic carbocycles. The molecule has 2 N–H and O–H groups in total. The van der Waals surface area contributed by atoms with E-state index in [9.17, 15) is 14.7 Å². The molecule has 0 radical (unpaired) electrons. The lowest BCUT2D eigenvalue weighted by Gasteiger charge is -2.17. The summed E-state index contributed by atoms with van der Waals surface area (Å²) in [6.07, 6.45) is 0.364. The molecule has 0 bridgehead atoms. The third kappa shape index (κ3) is 3.09. The number of rotatable bonds is 5. The van der Waals surface area contributed by atoms with Crippen LogP contribution in [0.3, 0.4) is 0 Å². The highest BCUT2D eigenvalue weighted by atomic mass is 35.5. The zero-order valence-electron chi connectivity index (χ0n) is 12.8. The van der Waals surface area contributed by atoms with Gasteiger partial charge in [-0.05, 0) is 18.4 Å². The van der Waals surface area contributed by atoms with Gasteiger partial charge in [-0.2, -0.15) is 0 Å². The molecule has 22 heavy (non-hydrogen) atoms. The number of carbonyl (C=O) groups is 2. The lowest BCUT2D eigenvalue weighted by atomic mass is 10.0. The number of nitrogens with one attached hydrogen (secondary N) is 1. The Kier molecular flexibility index (Phi) is 4.76. The standard InChI is InChI=1S/C16H19ClN2O3/c1-9(2)8-11(16(21)22)18-15(20)14-13(17)10-6-4-5-7-12(10)19(14)3/h4-7,9,11H,8H2,1-3H3,(H,18,20)(H,21,22)/t11-/m0/s1. The number of carboxylic acid groups (broad SMARTS) is 1. The van der Waals surface area contributed by atoms with Crippen molar-refractivity contribution in [2.24, 2.45) is 13.0 Å². The van der Waals surface area contributed by atoms with Crippen molar-refractivity contribution in [3.63, 3.8) is 0 Å². The second-order valence-electron chi connectivity index (χ2n) is 5.73. The average molecular weight is 323 g/mol. The third-order valence-corrected chi connectivity index (χ3v) is 3.95. The molecule has 1 amide bonds. The van der Waals surface area contributed by atoms with E-state index in [0.29, 0.717) is 11.4 Å². The fourth-order valence-electron chi connectivity index (χ4n) is 2.52. The number of halogens is 1. The van der Waals surface area contributed by atoms with Crippen LogP contribution in [0.4, 0.5) is 0 Å². The summed E-state index contributed by atoms with van der Waals surface area (Å²) in [4.78, 5) is 23.8. The number of aryl methyl sites for hydroxylation is 1. The minimum atomic E-state index is -1.04. The van der Waals surface area contributed by atoms with Crippen molar-refractivity contribution in [3.8, 4) is 0 Å². The molecule has 6 heteroatoms. The van der Waals surface area contributed by atoms with Crippen molar-refractivity contribution < 1.29 is 14.7 Å². The summed E-state index contributed by atoms with van der Waals surface area (Å²) in [6.45, 7) is 3.82. The molecule has 0 saturated heterocycles.